The lowest BCUT2D eigenvalue weighted by atomic mass is 9.99. The van der Waals surface area contributed by atoms with Crippen LogP contribution in [0.4, 0.5) is 0 Å². The van der Waals surface area contributed by atoms with Crippen molar-refractivity contribution in [1.29, 1.82) is 0 Å². The molecule has 0 aliphatic rings. The van der Waals surface area contributed by atoms with Gasteiger partial charge in [-0.15, -0.1) is 12.3 Å². The van der Waals surface area contributed by atoms with Crippen LogP contribution in [0.3, 0.4) is 0 Å². The number of hydrogen-bond donors (Lipinski definition) is 0. The first-order valence-electron chi connectivity index (χ1n) is 6.14. The Hall–Kier alpha value is -2.26. The lowest BCUT2D eigenvalue weighted by molar-refractivity contribution is 1.11. The van der Waals surface area contributed by atoms with Gasteiger partial charge in [-0.25, -0.2) is 0 Å². The number of rotatable bonds is 4. The van der Waals surface area contributed by atoms with E-state index in [9.17, 15) is 0 Å². The van der Waals surface area contributed by atoms with E-state index in [4.69, 9.17) is 6.42 Å². The summed E-state index contributed by atoms with van der Waals surface area (Å²) in [5, 5.41) is 0. The van der Waals surface area contributed by atoms with Crippen molar-refractivity contribution in [2.75, 3.05) is 0 Å². The Labute approximate surface area is 109 Å². The second-order valence-corrected chi connectivity index (χ2v) is 4.15. The summed E-state index contributed by atoms with van der Waals surface area (Å²) in [6.45, 7) is 0. The third-order valence-electron chi connectivity index (χ3n) is 2.82. The minimum Gasteiger partial charge on any atom is -0.120 e. The quantitative estimate of drug-likeness (QED) is 0.532. The standard InChI is InChI=1S/C18H16/c1-2-3-12-18(17-13-8-5-9-14-17)15-16-10-6-4-7-11-16/h1,4-11,13-15H,3,12H2/b18-15-. The highest BCUT2D eigenvalue weighted by Crippen LogP contribution is 2.22. The van der Waals surface area contributed by atoms with Gasteiger partial charge in [0, 0.05) is 6.42 Å². The Bertz CT molecular complexity index is 542. The number of allylic oxidation sites excluding steroid dienone is 1. The number of terminal acetylenes is 1. The molecule has 0 aromatic heterocycles. The topological polar surface area (TPSA) is 0 Å². The summed E-state index contributed by atoms with van der Waals surface area (Å²) in [7, 11) is 0. The average Bonchev–Trinajstić information content (AvgIpc) is 2.45. The van der Waals surface area contributed by atoms with E-state index < -0.39 is 0 Å². The maximum atomic E-state index is 5.37. The Morgan fingerprint density at radius 2 is 1.56 bits per heavy atom. The van der Waals surface area contributed by atoms with E-state index >= 15 is 0 Å². The van der Waals surface area contributed by atoms with Crippen LogP contribution < -0.4 is 0 Å². The van der Waals surface area contributed by atoms with Crippen LogP contribution >= 0.6 is 0 Å². The van der Waals surface area contributed by atoms with Crippen LogP contribution in [0.25, 0.3) is 11.6 Å². The summed E-state index contributed by atoms with van der Waals surface area (Å²) in [6.07, 6.45) is 9.27. The van der Waals surface area contributed by atoms with Crippen molar-refractivity contribution in [2.24, 2.45) is 0 Å². The molecule has 2 aromatic rings. The molecule has 0 aliphatic carbocycles. The molecule has 2 aromatic carbocycles. The van der Waals surface area contributed by atoms with Crippen molar-refractivity contribution in [3.8, 4) is 12.3 Å². The molecular formula is C18H16. The summed E-state index contributed by atoms with van der Waals surface area (Å²) in [4.78, 5) is 0. The highest BCUT2D eigenvalue weighted by Gasteiger charge is 2.00. The molecule has 0 N–H and O–H groups in total. The van der Waals surface area contributed by atoms with Gasteiger partial charge in [-0.3, -0.25) is 0 Å². The van der Waals surface area contributed by atoms with E-state index in [-0.39, 0.29) is 0 Å². The zero-order valence-electron chi connectivity index (χ0n) is 10.3. The summed E-state index contributed by atoms with van der Waals surface area (Å²) in [5.74, 6) is 2.71. The minimum absolute atomic E-state index is 0.771. The average molecular weight is 232 g/mol. The van der Waals surface area contributed by atoms with Crippen molar-refractivity contribution in [3.05, 3.63) is 71.8 Å². The molecule has 18 heavy (non-hydrogen) atoms. The second kappa shape index (κ2) is 6.47. The van der Waals surface area contributed by atoms with E-state index in [0.29, 0.717) is 0 Å². The van der Waals surface area contributed by atoms with Crippen LogP contribution in [0.15, 0.2) is 60.7 Å². The normalized spacial score (nSPS) is 10.9. The van der Waals surface area contributed by atoms with Crippen molar-refractivity contribution in [2.45, 2.75) is 12.8 Å². The molecule has 0 aliphatic heterocycles. The lowest BCUT2D eigenvalue weighted by Crippen LogP contribution is -1.85. The van der Waals surface area contributed by atoms with Gasteiger partial charge in [-0.05, 0) is 23.1 Å². The Morgan fingerprint density at radius 3 is 2.17 bits per heavy atom. The van der Waals surface area contributed by atoms with E-state index in [2.05, 4.69) is 60.5 Å². The first kappa shape index (κ1) is 12.2. The zero-order chi connectivity index (χ0) is 12.6. The van der Waals surface area contributed by atoms with E-state index in [1.807, 2.05) is 12.1 Å². The van der Waals surface area contributed by atoms with Crippen LogP contribution in [-0.2, 0) is 0 Å². The van der Waals surface area contributed by atoms with Crippen LogP contribution in [0.2, 0.25) is 0 Å². The summed E-state index contributed by atoms with van der Waals surface area (Å²) in [5.41, 5.74) is 3.75. The maximum Gasteiger partial charge on any atom is 0.0127 e. The highest BCUT2D eigenvalue weighted by molar-refractivity contribution is 5.81. The van der Waals surface area contributed by atoms with Crippen molar-refractivity contribution in [3.63, 3.8) is 0 Å². The van der Waals surface area contributed by atoms with Gasteiger partial charge < -0.3 is 0 Å². The Kier molecular flexibility index (Phi) is 4.39. The number of benzene rings is 2. The van der Waals surface area contributed by atoms with Crippen LogP contribution in [0.5, 0.6) is 0 Å². The van der Waals surface area contributed by atoms with Gasteiger partial charge in [0.05, 0.1) is 0 Å². The van der Waals surface area contributed by atoms with Crippen LogP contribution in [0, 0.1) is 12.3 Å². The van der Waals surface area contributed by atoms with E-state index in [1.165, 1.54) is 16.7 Å². The van der Waals surface area contributed by atoms with Gasteiger partial charge in [0.1, 0.15) is 0 Å². The van der Waals surface area contributed by atoms with Gasteiger partial charge in [0.25, 0.3) is 0 Å². The van der Waals surface area contributed by atoms with Crippen molar-refractivity contribution < 1.29 is 0 Å². The third kappa shape index (κ3) is 3.37. The summed E-state index contributed by atoms with van der Waals surface area (Å²) in [6, 6.07) is 20.8. The Morgan fingerprint density at radius 1 is 0.944 bits per heavy atom. The first-order valence-corrected chi connectivity index (χ1v) is 6.14. The molecule has 0 heterocycles. The fourth-order valence-electron chi connectivity index (χ4n) is 1.91. The predicted molar refractivity (Wildman–Crippen MR) is 78.8 cm³/mol. The largest absolute Gasteiger partial charge is 0.120 e. The molecule has 0 atom stereocenters. The number of hydrogen-bond acceptors (Lipinski definition) is 0. The smallest absolute Gasteiger partial charge is 0.0127 e. The van der Waals surface area contributed by atoms with Crippen molar-refractivity contribution >= 4 is 11.6 Å². The summed E-state index contributed by atoms with van der Waals surface area (Å²) < 4.78 is 0. The van der Waals surface area contributed by atoms with Crippen LogP contribution in [-0.4, -0.2) is 0 Å². The zero-order valence-corrected chi connectivity index (χ0v) is 10.3. The van der Waals surface area contributed by atoms with Crippen LogP contribution in [0.1, 0.15) is 24.0 Å². The molecule has 88 valence electrons. The van der Waals surface area contributed by atoms with Gasteiger partial charge in [0.2, 0.25) is 0 Å². The van der Waals surface area contributed by atoms with E-state index in [0.717, 1.165) is 12.8 Å². The fourth-order valence-corrected chi connectivity index (χ4v) is 1.91. The molecule has 2 rings (SSSR count). The van der Waals surface area contributed by atoms with Gasteiger partial charge in [-0.1, -0.05) is 66.7 Å². The van der Waals surface area contributed by atoms with E-state index in [1.54, 1.807) is 0 Å². The third-order valence-corrected chi connectivity index (χ3v) is 2.82. The van der Waals surface area contributed by atoms with Gasteiger partial charge in [-0.2, -0.15) is 0 Å². The highest BCUT2D eigenvalue weighted by atomic mass is 14.0. The van der Waals surface area contributed by atoms with Gasteiger partial charge >= 0.3 is 0 Å². The molecule has 0 bridgehead atoms. The minimum atomic E-state index is 0.771. The Balaban J connectivity index is 2.32. The molecule has 0 unspecified atom stereocenters. The molecule has 0 amide bonds. The molecule has 0 fully saturated rings. The molecular weight excluding hydrogens is 216 g/mol. The first-order chi connectivity index (χ1) is 8.90. The molecule has 0 saturated carbocycles. The SMILES string of the molecule is C#CCC/C(=C/c1ccccc1)c1ccccc1. The molecule has 0 saturated heterocycles. The molecule has 0 radical (unpaired) electrons. The van der Waals surface area contributed by atoms with Crippen molar-refractivity contribution in [1.82, 2.24) is 0 Å². The predicted octanol–water partition coefficient (Wildman–Crippen LogP) is 4.64. The maximum absolute atomic E-state index is 5.37. The molecule has 0 nitrogen and oxygen atoms in total. The van der Waals surface area contributed by atoms with Gasteiger partial charge in [0.15, 0.2) is 0 Å². The monoisotopic (exact) mass is 232 g/mol. The second-order valence-electron chi connectivity index (χ2n) is 4.15. The lowest BCUT2D eigenvalue weighted by Gasteiger charge is -2.06. The fraction of sp³-hybridized carbons (Fsp3) is 0.111. The molecule has 0 spiro atoms. The molecule has 0 heteroatoms. The summed E-state index contributed by atoms with van der Waals surface area (Å²) >= 11 is 0.